The zero-order valence-electron chi connectivity index (χ0n) is 13.6. The van der Waals surface area contributed by atoms with E-state index >= 15 is 0 Å². The maximum atomic E-state index is 12.0. The maximum absolute atomic E-state index is 12.0. The van der Waals surface area contributed by atoms with Crippen molar-refractivity contribution in [3.05, 3.63) is 88.1 Å². The van der Waals surface area contributed by atoms with Gasteiger partial charge < -0.3 is 0 Å². The topological polar surface area (TPSA) is 112 Å². The Morgan fingerprint density at radius 3 is 2.54 bits per heavy atom. The third kappa shape index (κ3) is 5.28. The molecule has 2 aromatic carbocycles. The number of hydrogen-bond donors (Lipinski definition) is 1. The number of nitro groups is 1. The van der Waals surface area contributed by atoms with Crippen molar-refractivity contribution in [1.82, 2.24) is 10.4 Å². The molecule has 3 rings (SSSR count). The minimum Gasteiger partial charge on any atom is -0.289 e. The first-order chi connectivity index (χ1) is 12.6. The molecule has 0 amide bonds. The fraction of sp³-hybridized carbons (Fsp3) is 0.0556. The van der Waals surface area contributed by atoms with E-state index in [-0.39, 0.29) is 11.5 Å². The molecule has 0 atom stereocenters. The average molecular weight is 349 g/mol. The number of hydrazine groups is 1. The average Bonchev–Trinajstić information content (AvgIpc) is 2.70. The highest BCUT2D eigenvalue weighted by Gasteiger charge is 2.12. The van der Waals surface area contributed by atoms with Gasteiger partial charge in [-0.1, -0.05) is 42.5 Å². The molecule has 8 heteroatoms. The summed E-state index contributed by atoms with van der Waals surface area (Å²) in [5, 5.41) is 20.3. The van der Waals surface area contributed by atoms with E-state index in [1.165, 1.54) is 18.2 Å². The van der Waals surface area contributed by atoms with Gasteiger partial charge in [0.15, 0.2) is 12.0 Å². The van der Waals surface area contributed by atoms with Crippen molar-refractivity contribution in [3.8, 4) is 6.19 Å². The van der Waals surface area contributed by atoms with Crippen molar-refractivity contribution in [2.45, 2.75) is 0 Å². The lowest BCUT2D eigenvalue weighted by Gasteiger charge is -2.15. The van der Waals surface area contributed by atoms with Crippen LogP contribution < -0.4 is 5.43 Å². The number of nitrogens with zero attached hydrogens (tertiary/aromatic N) is 4. The molecule has 2 aromatic rings. The molecule has 0 fully saturated rings. The number of carbonyl (C=O) groups excluding carboxylic acids is 1. The Morgan fingerprint density at radius 1 is 1.19 bits per heavy atom. The van der Waals surface area contributed by atoms with Gasteiger partial charge >= 0.3 is 0 Å². The second kappa shape index (κ2) is 9.34. The Hall–Kier alpha value is -3.99. The summed E-state index contributed by atoms with van der Waals surface area (Å²) in [4.78, 5) is 26.0. The molecule has 0 aromatic heterocycles. The highest BCUT2D eigenvalue weighted by atomic mass is 16.6. The van der Waals surface area contributed by atoms with E-state index in [0.29, 0.717) is 17.8 Å². The van der Waals surface area contributed by atoms with Crippen LogP contribution in [0.4, 0.5) is 5.69 Å². The number of allylic oxidation sites excluding steroid dienone is 1. The highest BCUT2D eigenvalue weighted by molar-refractivity contribution is 6.09. The van der Waals surface area contributed by atoms with Gasteiger partial charge in [-0.05, 0) is 6.08 Å². The van der Waals surface area contributed by atoms with Gasteiger partial charge in [-0.15, -0.1) is 0 Å². The third-order valence-corrected chi connectivity index (χ3v) is 3.24. The largest absolute Gasteiger partial charge is 0.289 e. The summed E-state index contributed by atoms with van der Waals surface area (Å²) in [5.74, 6) is -0.214. The minimum absolute atomic E-state index is 0.0771. The van der Waals surface area contributed by atoms with Crippen molar-refractivity contribution in [2.24, 2.45) is 4.99 Å². The molecule has 0 spiro atoms. The molecule has 8 nitrogen and oxygen atoms in total. The number of aliphatic imine (C=N–C) groups is 1. The van der Waals surface area contributed by atoms with Gasteiger partial charge in [-0.25, -0.2) is 5.43 Å². The molecule has 0 radical (unpaired) electrons. The molecule has 0 saturated carbocycles. The summed E-state index contributed by atoms with van der Waals surface area (Å²) in [7, 11) is 0. The molecular weight excluding hydrogens is 334 g/mol. The zero-order chi connectivity index (χ0) is 18.8. The Balaban J connectivity index is 0.000000228. The summed E-state index contributed by atoms with van der Waals surface area (Å²) in [6.45, 7) is 0.504. The number of nitrogens with one attached hydrogen (secondary N) is 1. The van der Waals surface area contributed by atoms with Crippen LogP contribution in [0.25, 0.3) is 0 Å². The van der Waals surface area contributed by atoms with Gasteiger partial charge in [0.05, 0.1) is 4.92 Å². The summed E-state index contributed by atoms with van der Waals surface area (Å²) in [6, 6.07) is 14.4. The summed E-state index contributed by atoms with van der Waals surface area (Å²) in [5.41, 5.74) is 3.19. The summed E-state index contributed by atoms with van der Waals surface area (Å²) >= 11 is 0. The van der Waals surface area contributed by atoms with Crippen LogP contribution >= 0.6 is 0 Å². The van der Waals surface area contributed by atoms with Crippen LogP contribution in [-0.2, 0) is 0 Å². The lowest BCUT2D eigenvalue weighted by molar-refractivity contribution is -0.384. The van der Waals surface area contributed by atoms with Crippen LogP contribution in [-0.4, -0.2) is 28.6 Å². The van der Waals surface area contributed by atoms with Crippen molar-refractivity contribution in [3.63, 3.8) is 0 Å². The normalized spacial score (nSPS) is 11.7. The number of hydrogen-bond acceptors (Lipinski definition) is 7. The Kier molecular flexibility index (Phi) is 6.59. The molecular formula is C18H15N5O3. The lowest BCUT2D eigenvalue weighted by atomic mass is 10.0. The maximum Gasteiger partial charge on any atom is 0.270 e. The number of nitro benzene ring substituents is 1. The first-order valence-corrected chi connectivity index (χ1v) is 7.54. The lowest BCUT2D eigenvalue weighted by Crippen LogP contribution is -2.30. The van der Waals surface area contributed by atoms with Crippen molar-refractivity contribution in [2.75, 3.05) is 6.67 Å². The molecule has 1 aliphatic heterocycles. The first-order valence-electron chi connectivity index (χ1n) is 7.54. The zero-order valence-corrected chi connectivity index (χ0v) is 13.6. The molecule has 1 aliphatic rings. The van der Waals surface area contributed by atoms with Gasteiger partial charge in [0, 0.05) is 35.7 Å². The molecule has 0 aliphatic carbocycles. The third-order valence-electron chi connectivity index (χ3n) is 3.24. The Bertz CT molecular complexity index is 872. The molecule has 0 unspecified atom stereocenters. The first kappa shape index (κ1) is 18.4. The second-order valence-corrected chi connectivity index (χ2v) is 5.01. The molecule has 0 bridgehead atoms. The van der Waals surface area contributed by atoms with Crippen molar-refractivity contribution in [1.29, 1.82) is 5.26 Å². The Labute approximate surface area is 149 Å². The molecule has 1 N–H and O–H groups in total. The molecule has 26 heavy (non-hydrogen) atoms. The van der Waals surface area contributed by atoms with Crippen molar-refractivity contribution < 1.29 is 9.72 Å². The van der Waals surface area contributed by atoms with E-state index in [1.54, 1.807) is 60.0 Å². The van der Waals surface area contributed by atoms with Crippen LogP contribution in [0, 0.1) is 21.6 Å². The second-order valence-electron chi connectivity index (χ2n) is 5.01. The Morgan fingerprint density at radius 2 is 1.92 bits per heavy atom. The smallest absolute Gasteiger partial charge is 0.270 e. The minimum atomic E-state index is -0.512. The standard InChI is InChI=1S/C13H9NO3.C5H6N4/c15-13(10-5-2-1-3-6-10)11-7-4-8-12(9-11)14(16)17;6-4-8-9-3-1-2-7-5-9/h1-9H;1-3,8H,5H2. The number of carbonyl (C=O) groups is 1. The van der Waals surface area contributed by atoms with E-state index in [0.717, 1.165) is 0 Å². The van der Waals surface area contributed by atoms with Gasteiger partial charge in [-0.2, -0.15) is 5.26 Å². The van der Waals surface area contributed by atoms with Crippen LogP contribution in [0.1, 0.15) is 15.9 Å². The number of rotatable bonds is 4. The van der Waals surface area contributed by atoms with Gasteiger partial charge in [-0.3, -0.25) is 24.9 Å². The number of nitriles is 1. The molecule has 0 saturated heterocycles. The van der Waals surface area contributed by atoms with E-state index in [2.05, 4.69) is 10.4 Å². The molecule has 1 heterocycles. The van der Waals surface area contributed by atoms with Crippen LogP contribution in [0.5, 0.6) is 0 Å². The number of ketones is 1. The van der Waals surface area contributed by atoms with E-state index in [9.17, 15) is 14.9 Å². The predicted octanol–water partition coefficient (Wildman–Crippen LogP) is 2.66. The monoisotopic (exact) mass is 349 g/mol. The van der Waals surface area contributed by atoms with Crippen LogP contribution in [0.3, 0.4) is 0 Å². The van der Waals surface area contributed by atoms with E-state index in [1.807, 2.05) is 6.07 Å². The summed E-state index contributed by atoms with van der Waals surface area (Å²) < 4.78 is 0. The predicted molar refractivity (Wildman–Crippen MR) is 96.1 cm³/mol. The van der Waals surface area contributed by atoms with Gasteiger partial charge in [0.2, 0.25) is 0 Å². The quantitative estimate of drug-likeness (QED) is 0.299. The summed E-state index contributed by atoms with van der Waals surface area (Å²) in [6.07, 6.45) is 6.98. The fourth-order valence-corrected chi connectivity index (χ4v) is 2.04. The highest BCUT2D eigenvalue weighted by Crippen LogP contribution is 2.16. The van der Waals surface area contributed by atoms with E-state index in [4.69, 9.17) is 5.26 Å². The van der Waals surface area contributed by atoms with Gasteiger partial charge in [0.25, 0.3) is 5.69 Å². The number of benzene rings is 2. The number of non-ortho nitro benzene ring substituents is 1. The van der Waals surface area contributed by atoms with Crippen molar-refractivity contribution >= 4 is 17.7 Å². The fourth-order valence-electron chi connectivity index (χ4n) is 2.04. The van der Waals surface area contributed by atoms with Crippen LogP contribution in [0.2, 0.25) is 0 Å². The SMILES string of the molecule is N#CNN1C=CC=NC1.O=C(c1ccccc1)c1cccc([N+](=O)[O-])c1. The van der Waals surface area contributed by atoms with E-state index < -0.39 is 4.92 Å². The van der Waals surface area contributed by atoms with Crippen LogP contribution in [0.15, 0.2) is 71.9 Å². The van der Waals surface area contributed by atoms with Gasteiger partial charge in [0.1, 0.15) is 6.67 Å². The molecule has 130 valence electrons.